The molecule has 0 atom stereocenters. The number of nitrogens with zero attached hydrogens (tertiary/aromatic N) is 1. The van der Waals surface area contributed by atoms with Gasteiger partial charge < -0.3 is 8.94 Å². The summed E-state index contributed by atoms with van der Waals surface area (Å²) in [6.07, 6.45) is 3.17. The zero-order valence-corrected chi connectivity index (χ0v) is 9.79. The van der Waals surface area contributed by atoms with E-state index in [1.165, 1.54) is 6.21 Å². The minimum atomic E-state index is 0.453. The molecule has 0 saturated carbocycles. The van der Waals surface area contributed by atoms with Gasteiger partial charge in [-0.15, -0.1) is 0 Å². The van der Waals surface area contributed by atoms with Gasteiger partial charge in [0.2, 0.25) is 0 Å². The van der Waals surface area contributed by atoms with E-state index in [1.807, 2.05) is 35.1 Å². The van der Waals surface area contributed by atoms with Crippen LogP contribution < -0.4 is 3.53 Å². The quantitative estimate of drug-likeness (QED) is 0.510. The van der Waals surface area contributed by atoms with E-state index in [0.29, 0.717) is 5.92 Å². The number of halogens is 1. The molecule has 0 radical (unpaired) electrons. The van der Waals surface area contributed by atoms with Gasteiger partial charge in [-0.2, -0.15) is 0 Å². The van der Waals surface area contributed by atoms with Crippen molar-refractivity contribution in [1.29, 1.82) is 5.41 Å². The molecule has 1 rings (SSSR count). The van der Waals surface area contributed by atoms with Crippen molar-refractivity contribution < 1.29 is 0 Å². The molecule has 2 N–H and O–H groups in total. The molecule has 13 heavy (non-hydrogen) atoms. The van der Waals surface area contributed by atoms with Gasteiger partial charge in [0.05, 0.1) is 22.9 Å². The van der Waals surface area contributed by atoms with Crippen molar-refractivity contribution in [1.82, 2.24) is 4.98 Å². The maximum atomic E-state index is 7.22. The van der Waals surface area contributed by atoms with Gasteiger partial charge in [0.25, 0.3) is 0 Å². The third-order valence-electron chi connectivity index (χ3n) is 1.85. The lowest BCUT2D eigenvalue weighted by Gasteiger charge is -2.08. The summed E-state index contributed by atoms with van der Waals surface area (Å²) in [6, 6.07) is 1.99. The molecule has 1 aromatic heterocycles. The Morgan fingerprint density at radius 3 is 2.77 bits per heavy atom. The largest absolute Gasteiger partial charge is 0.312 e. The van der Waals surface area contributed by atoms with Crippen LogP contribution in [0.15, 0.2) is 12.3 Å². The Morgan fingerprint density at radius 1 is 1.62 bits per heavy atom. The molecule has 4 heteroatoms. The van der Waals surface area contributed by atoms with Gasteiger partial charge in [-0.05, 0) is 17.5 Å². The molecule has 0 unspecified atom stereocenters. The third-order valence-corrected chi connectivity index (χ3v) is 2.36. The fourth-order valence-electron chi connectivity index (χ4n) is 1.00. The summed E-state index contributed by atoms with van der Waals surface area (Å²) in [6.45, 7) is 4.23. The molecule has 1 aromatic rings. The van der Waals surface area contributed by atoms with Crippen LogP contribution in [0.25, 0.3) is 0 Å². The topological polar surface area (TPSA) is 48.8 Å². The monoisotopic (exact) mass is 289 g/mol. The average molecular weight is 289 g/mol. The van der Waals surface area contributed by atoms with Gasteiger partial charge in [0.15, 0.2) is 0 Å². The van der Waals surface area contributed by atoms with Crippen molar-refractivity contribution in [3.63, 3.8) is 0 Å². The van der Waals surface area contributed by atoms with Crippen LogP contribution in [0.2, 0.25) is 0 Å². The van der Waals surface area contributed by atoms with Crippen LogP contribution in [-0.4, -0.2) is 11.2 Å². The van der Waals surface area contributed by atoms with E-state index in [4.69, 9.17) is 5.41 Å². The Kier molecular flexibility index (Phi) is 3.65. The normalized spacial score (nSPS) is 10.2. The fourth-order valence-corrected chi connectivity index (χ4v) is 1.45. The molecule has 1 heterocycles. The van der Waals surface area contributed by atoms with Crippen LogP contribution in [0.4, 0.5) is 5.82 Å². The van der Waals surface area contributed by atoms with Gasteiger partial charge in [0.1, 0.15) is 5.82 Å². The van der Waals surface area contributed by atoms with E-state index < -0.39 is 0 Å². The molecular weight excluding hydrogens is 277 g/mol. The Hall–Kier alpha value is -0.650. The van der Waals surface area contributed by atoms with Crippen molar-refractivity contribution in [2.75, 3.05) is 3.53 Å². The lowest BCUT2D eigenvalue weighted by Crippen LogP contribution is -1.97. The standard InChI is InChI=1S/C9H12IN3/c1-6(2)8-3-7(4-11)9(13-10)12-5-8/h3-6,11H,1-2H3,(H,12,13). The lowest BCUT2D eigenvalue weighted by molar-refractivity contribution is 0.858. The van der Waals surface area contributed by atoms with Crippen molar-refractivity contribution in [3.8, 4) is 0 Å². The minimum absolute atomic E-state index is 0.453. The first-order valence-corrected chi connectivity index (χ1v) is 5.14. The molecule has 0 aliphatic rings. The third kappa shape index (κ3) is 2.40. The Labute approximate surface area is 92.0 Å². The van der Waals surface area contributed by atoms with E-state index in [9.17, 15) is 0 Å². The molecule has 0 aliphatic carbocycles. The Bertz CT molecular complexity index is 310. The van der Waals surface area contributed by atoms with Crippen LogP contribution in [0.1, 0.15) is 30.9 Å². The second-order valence-corrected chi connectivity index (χ2v) is 3.64. The molecule has 3 nitrogen and oxygen atoms in total. The first-order chi connectivity index (χ1) is 6.19. The fraction of sp³-hybridized carbons (Fsp3) is 0.333. The summed E-state index contributed by atoms with van der Waals surface area (Å²) in [5.41, 5.74) is 1.99. The maximum absolute atomic E-state index is 7.22. The van der Waals surface area contributed by atoms with Crippen molar-refractivity contribution in [3.05, 3.63) is 23.4 Å². The zero-order valence-electron chi connectivity index (χ0n) is 7.63. The Balaban J connectivity index is 3.13. The maximum Gasteiger partial charge on any atom is 0.143 e. The first-order valence-electron chi connectivity index (χ1n) is 4.06. The number of nitrogens with one attached hydrogen (secondary N) is 2. The highest BCUT2D eigenvalue weighted by atomic mass is 127. The van der Waals surface area contributed by atoms with E-state index >= 15 is 0 Å². The van der Waals surface area contributed by atoms with Gasteiger partial charge in [-0.25, -0.2) is 4.98 Å². The highest BCUT2D eigenvalue weighted by Crippen LogP contribution is 2.19. The molecule has 0 fully saturated rings. The number of rotatable bonds is 3. The second kappa shape index (κ2) is 4.55. The van der Waals surface area contributed by atoms with Gasteiger partial charge in [0, 0.05) is 18.0 Å². The van der Waals surface area contributed by atoms with Crippen LogP contribution in [0.5, 0.6) is 0 Å². The van der Waals surface area contributed by atoms with Crippen LogP contribution >= 0.6 is 22.9 Å². The number of anilines is 1. The van der Waals surface area contributed by atoms with Crippen molar-refractivity contribution >= 4 is 34.9 Å². The van der Waals surface area contributed by atoms with Gasteiger partial charge in [-0.1, -0.05) is 13.8 Å². The predicted octanol–water partition coefficient (Wildman–Crippen LogP) is 2.96. The summed E-state index contributed by atoms with van der Waals surface area (Å²) in [5.74, 6) is 1.20. The Morgan fingerprint density at radius 2 is 2.31 bits per heavy atom. The molecule has 0 spiro atoms. The summed E-state index contributed by atoms with van der Waals surface area (Å²) in [7, 11) is 0. The molecule has 0 amide bonds. The van der Waals surface area contributed by atoms with E-state index in [0.717, 1.165) is 16.9 Å². The highest BCUT2D eigenvalue weighted by molar-refractivity contribution is 14.1. The molecule has 70 valence electrons. The van der Waals surface area contributed by atoms with Crippen LogP contribution in [0, 0.1) is 5.41 Å². The molecular formula is C9H12IN3. The average Bonchev–Trinajstić information content (AvgIpc) is 2.16. The van der Waals surface area contributed by atoms with Crippen molar-refractivity contribution in [2.45, 2.75) is 19.8 Å². The van der Waals surface area contributed by atoms with Crippen LogP contribution in [-0.2, 0) is 0 Å². The minimum Gasteiger partial charge on any atom is -0.312 e. The summed E-state index contributed by atoms with van der Waals surface area (Å²) in [5, 5.41) is 7.22. The van der Waals surface area contributed by atoms with E-state index in [2.05, 4.69) is 22.4 Å². The number of pyridine rings is 1. The predicted molar refractivity (Wildman–Crippen MR) is 63.9 cm³/mol. The number of aromatic nitrogens is 1. The highest BCUT2D eigenvalue weighted by Gasteiger charge is 2.04. The van der Waals surface area contributed by atoms with Gasteiger partial charge >= 0.3 is 0 Å². The molecule has 0 aliphatic heterocycles. The lowest BCUT2D eigenvalue weighted by atomic mass is 10.0. The zero-order chi connectivity index (χ0) is 9.84. The molecule has 0 aromatic carbocycles. The van der Waals surface area contributed by atoms with Crippen molar-refractivity contribution in [2.24, 2.45) is 0 Å². The second-order valence-electron chi connectivity index (χ2n) is 3.10. The number of hydrogen-bond donors (Lipinski definition) is 2. The van der Waals surface area contributed by atoms with Gasteiger partial charge in [-0.3, -0.25) is 0 Å². The summed E-state index contributed by atoms with van der Waals surface area (Å²) < 4.78 is 2.92. The molecule has 0 bridgehead atoms. The summed E-state index contributed by atoms with van der Waals surface area (Å²) >= 11 is 2.02. The van der Waals surface area contributed by atoms with E-state index in [-0.39, 0.29) is 0 Å². The van der Waals surface area contributed by atoms with Crippen LogP contribution in [0.3, 0.4) is 0 Å². The first kappa shape index (κ1) is 10.4. The molecule has 0 saturated heterocycles. The van der Waals surface area contributed by atoms with E-state index in [1.54, 1.807) is 0 Å². The summed E-state index contributed by atoms with van der Waals surface area (Å²) in [4.78, 5) is 4.22. The number of hydrogen-bond acceptors (Lipinski definition) is 3. The smallest absolute Gasteiger partial charge is 0.143 e. The SMILES string of the molecule is CC(C)c1cnc(NI)c(C=N)c1.